The number of amides is 1. The Morgan fingerprint density at radius 1 is 1.11 bits per heavy atom. The maximum Gasteiger partial charge on any atom is 0.257 e. The molecule has 2 aromatic heterocycles. The minimum absolute atomic E-state index is 0.0786. The summed E-state index contributed by atoms with van der Waals surface area (Å²) in [6, 6.07) is 7.94. The number of nitrogens with one attached hydrogen (secondary N) is 1. The minimum Gasteiger partial charge on any atom is -0.379 e. The molecule has 1 amide bonds. The highest BCUT2D eigenvalue weighted by Crippen LogP contribution is 2.24. The summed E-state index contributed by atoms with van der Waals surface area (Å²) < 4.78 is 5.73. The van der Waals surface area contributed by atoms with Crippen LogP contribution in [0.3, 0.4) is 0 Å². The van der Waals surface area contributed by atoms with Gasteiger partial charge in [0.1, 0.15) is 5.82 Å². The van der Waals surface area contributed by atoms with Crippen LogP contribution in [0.1, 0.15) is 35.2 Å². The van der Waals surface area contributed by atoms with Gasteiger partial charge in [-0.25, -0.2) is 4.98 Å². The first-order valence-electron chi connectivity index (χ1n) is 9.79. The molecular formula is C21H26N4O2. The first-order chi connectivity index (χ1) is 13.3. The van der Waals surface area contributed by atoms with E-state index in [0.717, 1.165) is 32.4 Å². The van der Waals surface area contributed by atoms with E-state index >= 15 is 0 Å². The van der Waals surface area contributed by atoms with Gasteiger partial charge in [-0.3, -0.25) is 9.78 Å². The van der Waals surface area contributed by atoms with Gasteiger partial charge in [0.15, 0.2) is 0 Å². The summed E-state index contributed by atoms with van der Waals surface area (Å²) in [4.78, 5) is 23.5. The second-order valence-corrected chi connectivity index (χ2v) is 7.36. The van der Waals surface area contributed by atoms with Gasteiger partial charge in [-0.2, -0.15) is 0 Å². The van der Waals surface area contributed by atoms with E-state index in [0.29, 0.717) is 30.5 Å². The van der Waals surface area contributed by atoms with Crippen molar-refractivity contribution in [3.63, 3.8) is 0 Å². The fourth-order valence-corrected chi connectivity index (χ4v) is 3.92. The number of nitrogens with zero attached hydrogens (tertiary/aromatic N) is 3. The molecule has 2 aliphatic rings. The summed E-state index contributed by atoms with van der Waals surface area (Å²) in [6.07, 6.45) is 9.67. The first-order valence-corrected chi connectivity index (χ1v) is 9.79. The molecule has 2 atom stereocenters. The summed E-state index contributed by atoms with van der Waals surface area (Å²) in [5, 5.41) is 3.50. The topological polar surface area (TPSA) is 67.3 Å². The number of likely N-dealkylation sites (tertiary alicyclic amines) is 1. The monoisotopic (exact) mass is 366 g/mol. The molecule has 0 aromatic carbocycles. The van der Waals surface area contributed by atoms with Gasteiger partial charge in [0.25, 0.3) is 5.91 Å². The van der Waals surface area contributed by atoms with Crippen molar-refractivity contribution in [2.75, 3.05) is 31.6 Å². The lowest BCUT2D eigenvalue weighted by Crippen LogP contribution is -2.37. The zero-order valence-electron chi connectivity index (χ0n) is 15.5. The van der Waals surface area contributed by atoms with Crippen LogP contribution in [0.4, 0.5) is 5.82 Å². The molecule has 2 fully saturated rings. The third-order valence-electron chi connectivity index (χ3n) is 5.45. The predicted octanol–water partition coefficient (Wildman–Crippen LogP) is 2.77. The fraction of sp³-hybridized carbons (Fsp3) is 0.476. The zero-order valence-corrected chi connectivity index (χ0v) is 15.5. The number of ether oxygens (including phenoxy) is 1. The Balaban J connectivity index is 1.48. The van der Waals surface area contributed by atoms with Gasteiger partial charge in [0, 0.05) is 37.6 Å². The molecule has 0 radical (unpaired) electrons. The highest BCUT2D eigenvalue weighted by atomic mass is 16.5. The SMILES string of the molecule is O=C(c1cccnc1N[C@@H]1COC[C@H]1Cc1ccncc1)N1CCCCC1. The molecule has 0 unspecified atom stereocenters. The van der Waals surface area contributed by atoms with E-state index in [1.807, 2.05) is 41.6 Å². The molecule has 0 bridgehead atoms. The lowest BCUT2D eigenvalue weighted by atomic mass is 9.95. The number of hydrogen-bond acceptors (Lipinski definition) is 5. The van der Waals surface area contributed by atoms with Crippen molar-refractivity contribution >= 4 is 11.7 Å². The molecule has 0 spiro atoms. The molecule has 2 saturated heterocycles. The number of aromatic nitrogens is 2. The number of rotatable bonds is 5. The number of hydrogen-bond donors (Lipinski definition) is 1. The van der Waals surface area contributed by atoms with E-state index in [9.17, 15) is 4.79 Å². The Kier molecular flexibility index (Phi) is 5.63. The van der Waals surface area contributed by atoms with Crippen LogP contribution in [0.25, 0.3) is 0 Å². The summed E-state index contributed by atoms with van der Waals surface area (Å²) in [6.45, 7) is 3.01. The van der Waals surface area contributed by atoms with Crippen molar-refractivity contribution in [1.82, 2.24) is 14.9 Å². The predicted molar refractivity (Wildman–Crippen MR) is 104 cm³/mol. The van der Waals surface area contributed by atoms with Crippen molar-refractivity contribution < 1.29 is 9.53 Å². The van der Waals surface area contributed by atoms with Crippen LogP contribution in [0.5, 0.6) is 0 Å². The zero-order chi connectivity index (χ0) is 18.5. The second kappa shape index (κ2) is 8.48. The van der Waals surface area contributed by atoms with Crippen LogP contribution < -0.4 is 5.32 Å². The molecular weight excluding hydrogens is 340 g/mol. The number of pyridine rings is 2. The van der Waals surface area contributed by atoms with Crippen LogP contribution >= 0.6 is 0 Å². The van der Waals surface area contributed by atoms with Gasteiger partial charge in [0.2, 0.25) is 0 Å². The molecule has 142 valence electrons. The van der Waals surface area contributed by atoms with Crippen LogP contribution in [0.2, 0.25) is 0 Å². The van der Waals surface area contributed by atoms with Crippen LogP contribution in [0, 0.1) is 5.92 Å². The molecule has 1 N–H and O–H groups in total. The smallest absolute Gasteiger partial charge is 0.257 e. The summed E-state index contributed by atoms with van der Waals surface area (Å²) in [5.74, 6) is 1.09. The molecule has 4 heterocycles. The van der Waals surface area contributed by atoms with Crippen molar-refractivity contribution in [3.8, 4) is 0 Å². The van der Waals surface area contributed by atoms with Crippen LogP contribution in [0.15, 0.2) is 42.9 Å². The first kappa shape index (κ1) is 17.9. The Bertz CT molecular complexity index is 762. The lowest BCUT2D eigenvalue weighted by molar-refractivity contribution is 0.0725. The van der Waals surface area contributed by atoms with Gasteiger partial charge in [0.05, 0.1) is 24.8 Å². The van der Waals surface area contributed by atoms with Crippen molar-refractivity contribution in [3.05, 3.63) is 54.0 Å². The van der Waals surface area contributed by atoms with E-state index in [1.165, 1.54) is 12.0 Å². The molecule has 6 heteroatoms. The third kappa shape index (κ3) is 4.27. The molecule has 27 heavy (non-hydrogen) atoms. The van der Waals surface area contributed by atoms with Crippen molar-refractivity contribution in [2.45, 2.75) is 31.7 Å². The average molecular weight is 366 g/mol. The molecule has 2 aromatic rings. The molecule has 6 nitrogen and oxygen atoms in total. The van der Waals surface area contributed by atoms with Gasteiger partial charge >= 0.3 is 0 Å². The van der Waals surface area contributed by atoms with E-state index in [4.69, 9.17) is 4.74 Å². The van der Waals surface area contributed by atoms with E-state index < -0.39 is 0 Å². The van der Waals surface area contributed by atoms with Gasteiger partial charge < -0.3 is 15.0 Å². The van der Waals surface area contributed by atoms with E-state index in [-0.39, 0.29) is 11.9 Å². The molecule has 0 aliphatic carbocycles. The lowest BCUT2D eigenvalue weighted by Gasteiger charge is -2.28. The van der Waals surface area contributed by atoms with Gasteiger partial charge in [-0.05, 0) is 55.5 Å². The van der Waals surface area contributed by atoms with Gasteiger partial charge in [-0.1, -0.05) is 0 Å². The number of piperidine rings is 1. The number of carbonyl (C=O) groups is 1. The molecule has 2 aliphatic heterocycles. The Morgan fingerprint density at radius 2 is 1.93 bits per heavy atom. The number of carbonyl (C=O) groups excluding carboxylic acids is 1. The highest BCUT2D eigenvalue weighted by Gasteiger charge is 2.30. The normalized spacial score (nSPS) is 22.6. The van der Waals surface area contributed by atoms with Crippen molar-refractivity contribution in [2.24, 2.45) is 5.92 Å². The standard InChI is InChI=1S/C21H26N4O2/c26-21(25-11-2-1-3-12-25)18-5-4-8-23-20(18)24-19-15-27-14-17(19)13-16-6-9-22-10-7-16/h4-10,17,19H,1-3,11-15H2,(H,23,24)/t17-,19-/m1/s1. The summed E-state index contributed by atoms with van der Waals surface area (Å²) in [5.41, 5.74) is 1.91. The minimum atomic E-state index is 0.0786. The van der Waals surface area contributed by atoms with Crippen LogP contribution in [-0.2, 0) is 11.2 Å². The van der Waals surface area contributed by atoms with Crippen LogP contribution in [-0.4, -0.2) is 53.1 Å². The van der Waals surface area contributed by atoms with E-state index in [2.05, 4.69) is 15.3 Å². The average Bonchev–Trinajstić information content (AvgIpc) is 3.16. The highest BCUT2D eigenvalue weighted by molar-refractivity contribution is 5.98. The quantitative estimate of drug-likeness (QED) is 0.881. The maximum absolute atomic E-state index is 13.0. The largest absolute Gasteiger partial charge is 0.379 e. The Morgan fingerprint density at radius 3 is 2.74 bits per heavy atom. The fourth-order valence-electron chi connectivity index (χ4n) is 3.92. The summed E-state index contributed by atoms with van der Waals surface area (Å²) in [7, 11) is 0. The molecule has 0 saturated carbocycles. The summed E-state index contributed by atoms with van der Waals surface area (Å²) >= 11 is 0. The Labute approximate surface area is 160 Å². The third-order valence-corrected chi connectivity index (χ3v) is 5.45. The second-order valence-electron chi connectivity index (χ2n) is 7.36. The van der Waals surface area contributed by atoms with E-state index in [1.54, 1.807) is 6.20 Å². The molecule has 4 rings (SSSR count). The van der Waals surface area contributed by atoms with Crippen molar-refractivity contribution in [1.29, 1.82) is 0 Å². The maximum atomic E-state index is 13.0. The van der Waals surface area contributed by atoms with Gasteiger partial charge in [-0.15, -0.1) is 0 Å². The number of anilines is 1. The Hall–Kier alpha value is -2.47.